The van der Waals surface area contributed by atoms with Gasteiger partial charge in [0.25, 0.3) is 0 Å². The fourth-order valence-corrected chi connectivity index (χ4v) is 0. The summed E-state index contributed by atoms with van der Waals surface area (Å²) in [6.45, 7) is 2.00. The Hall–Kier alpha value is 0.177. The van der Waals surface area contributed by atoms with Crippen molar-refractivity contribution in [3.05, 3.63) is 0 Å². The van der Waals surface area contributed by atoms with Gasteiger partial charge in [-0.2, -0.15) is 0 Å². The van der Waals surface area contributed by atoms with Crippen LogP contribution in [-0.4, -0.2) is 24.2 Å². The smallest absolute Gasteiger partial charge is 0.0701 e. The molecule has 0 unspecified atom stereocenters. The standard InChI is InChI=1S/C2H4O.Si/c1-2-3-1;/h1-2H2;. The number of epoxide rings is 1. The summed E-state index contributed by atoms with van der Waals surface area (Å²) in [6.07, 6.45) is 0. The molecule has 1 saturated heterocycles. The Morgan fingerprint density at radius 1 is 1.25 bits per heavy atom. The second-order valence-corrected chi connectivity index (χ2v) is 0.612. The minimum Gasteiger partial charge on any atom is -0.377 e. The average Bonchev–Trinajstić information content (AvgIpc) is 1.46. The van der Waals surface area contributed by atoms with Gasteiger partial charge in [0.1, 0.15) is 0 Å². The van der Waals surface area contributed by atoms with Gasteiger partial charge in [-0.05, 0) is 0 Å². The average molecular weight is 72.1 g/mol. The number of hydrogen-bond donors (Lipinski definition) is 0. The lowest BCUT2D eigenvalue weighted by Gasteiger charge is -1.24. The maximum atomic E-state index is 4.50. The van der Waals surface area contributed by atoms with Crippen LogP contribution in [0, 0.1) is 0 Å². The van der Waals surface area contributed by atoms with Crippen molar-refractivity contribution in [3.8, 4) is 0 Å². The first-order valence-corrected chi connectivity index (χ1v) is 1.08. The maximum Gasteiger partial charge on any atom is 0.0701 e. The molecule has 1 aliphatic rings. The van der Waals surface area contributed by atoms with Crippen LogP contribution < -0.4 is 0 Å². The predicted octanol–water partition coefficient (Wildman–Crippen LogP) is -0.364. The molecular formula is C2H4OSi. The molecule has 22 valence electrons. The zero-order chi connectivity index (χ0) is 2.12. The first-order chi connectivity index (χ1) is 1.50. The van der Waals surface area contributed by atoms with Crippen molar-refractivity contribution in [2.75, 3.05) is 13.2 Å². The molecule has 1 aliphatic heterocycles. The van der Waals surface area contributed by atoms with Gasteiger partial charge in [0.05, 0.1) is 13.2 Å². The molecule has 0 amide bonds. The van der Waals surface area contributed by atoms with Crippen molar-refractivity contribution in [2.24, 2.45) is 0 Å². The summed E-state index contributed by atoms with van der Waals surface area (Å²) in [6, 6.07) is 0. The SMILES string of the molecule is C1CO1.[Si]. The molecule has 0 N–H and O–H groups in total. The molecule has 0 spiro atoms. The Morgan fingerprint density at radius 2 is 1.50 bits per heavy atom. The number of hydrogen-bond acceptors (Lipinski definition) is 1. The van der Waals surface area contributed by atoms with Crippen molar-refractivity contribution < 1.29 is 4.74 Å². The summed E-state index contributed by atoms with van der Waals surface area (Å²) in [7, 11) is 0. The van der Waals surface area contributed by atoms with E-state index in [0.717, 1.165) is 13.2 Å². The molecule has 0 bridgehead atoms. The lowest BCUT2D eigenvalue weighted by Crippen LogP contribution is -1.20. The molecule has 1 nitrogen and oxygen atoms in total. The minimum absolute atomic E-state index is 0. The maximum absolute atomic E-state index is 4.50. The van der Waals surface area contributed by atoms with E-state index in [-0.39, 0.29) is 11.0 Å². The predicted molar refractivity (Wildman–Crippen MR) is 16.6 cm³/mol. The molecule has 0 aliphatic carbocycles. The van der Waals surface area contributed by atoms with Crippen molar-refractivity contribution >= 4 is 11.0 Å². The molecule has 4 heavy (non-hydrogen) atoms. The molecule has 1 fully saturated rings. The topological polar surface area (TPSA) is 12.5 Å². The summed E-state index contributed by atoms with van der Waals surface area (Å²) >= 11 is 0. The second kappa shape index (κ2) is 1.49. The van der Waals surface area contributed by atoms with Gasteiger partial charge in [-0.25, -0.2) is 0 Å². The van der Waals surface area contributed by atoms with Gasteiger partial charge >= 0.3 is 0 Å². The van der Waals surface area contributed by atoms with Crippen molar-refractivity contribution in [1.29, 1.82) is 0 Å². The summed E-state index contributed by atoms with van der Waals surface area (Å²) < 4.78 is 4.50. The Kier molecular flexibility index (Phi) is 1.56. The highest BCUT2D eigenvalue weighted by molar-refractivity contribution is 5.75. The first kappa shape index (κ1) is 4.18. The molecule has 0 aromatic rings. The monoisotopic (exact) mass is 72.0 g/mol. The third kappa shape index (κ3) is 2.18. The third-order valence-electron chi connectivity index (χ3n) is 0.204. The van der Waals surface area contributed by atoms with E-state index in [1.54, 1.807) is 0 Å². The summed E-state index contributed by atoms with van der Waals surface area (Å²) in [5.74, 6) is 0. The van der Waals surface area contributed by atoms with Gasteiger partial charge in [-0.3, -0.25) is 0 Å². The van der Waals surface area contributed by atoms with Crippen LogP contribution in [0.2, 0.25) is 0 Å². The number of ether oxygens (including phenoxy) is 1. The van der Waals surface area contributed by atoms with Crippen LogP contribution in [0.5, 0.6) is 0 Å². The van der Waals surface area contributed by atoms with Crippen molar-refractivity contribution in [2.45, 2.75) is 0 Å². The van der Waals surface area contributed by atoms with E-state index in [1.165, 1.54) is 0 Å². The van der Waals surface area contributed by atoms with E-state index in [0.29, 0.717) is 0 Å². The zero-order valence-electron chi connectivity index (χ0n) is 2.32. The van der Waals surface area contributed by atoms with E-state index in [4.69, 9.17) is 0 Å². The Balaban J connectivity index is 0.0000000900. The quantitative estimate of drug-likeness (QED) is 0.281. The normalized spacial score (nSPS) is 18.0. The second-order valence-electron chi connectivity index (χ2n) is 0.612. The summed E-state index contributed by atoms with van der Waals surface area (Å²) in [4.78, 5) is 0. The first-order valence-electron chi connectivity index (χ1n) is 1.08. The van der Waals surface area contributed by atoms with Crippen molar-refractivity contribution in [3.63, 3.8) is 0 Å². The minimum atomic E-state index is 0. The van der Waals surface area contributed by atoms with E-state index < -0.39 is 0 Å². The molecule has 4 radical (unpaired) electrons. The van der Waals surface area contributed by atoms with E-state index >= 15 is 0 Å². The Labute approximate surface area is 30.0 Å². The van der Waals surface area contributed by atoms with Crippen LogP contribution >= 0.6 is 0 Å². The molecule has 1 heterocycles. The van der Waals surface area contributed by atoms with Crippen LogP contribution in [0.15, 0.2) is 0 Å². The summed E-state index contributed by atoms with van der Waals surface area (Å²) in [5.41, 5.74) is 0. The van der Waals surface area contributed by atoms with Gasteiger partial charge in [-0.1, -0.05) is 0 Å². The lowest BCUT2D eigenvalue weighted by molar-refractivity contribution is 0.475. The van der Waals surface area contributed by atoms with Gasteiger partial charge in [0.15, 0.2) is 0 Å². The van der Waals surface area contributed by atoms with Gasteiger partial charge < -0.3 is 4.74 Å². The van der Waals surface area contributed by atoms with Crippen LogP contribution in [-0.2, 0) is 4.74 Å². The summed E-state index contributed by atoms with van der Waals surface area (Å²) in [5, 5.41) is 0. The fourth-order valence-electron chi connectivity index (χ4n) is 0. The molecule has 0 aromatic carbocycles. The molecule has 0 aromatic heterocycles. The largest absolute Gasteiger partial charge is 0.377 e. The highest BCUT2D eigenvalue weighted by atomic mass is 28.1. The highest BCUT2D eigenvalue weighted by Gasteiger charge is 1.94. The Bertz CT molecular complexity index is 10.8. The van der Waals surface area contributed by atoms with Crippen LogP contribution in [0.1, 0.15) is 0 Å². The van der Waals surface area contributed by atoms with E-state index in [2.05, 4.69) is 4.74 Å². The number of rotatable bonds is 0. The van der Waals surface area contributed by atoms with Gasteiger partial charge in [0.2, 0.25) is 0 Å². The van der Waals surface area contributed by atoms with Crippen LogP contribution in [0.25, 0.3) is 0 Å². The third-order valence-corrected chi connectivity index (χ3v) is 0.204. The molecular weight excluding hydrogens is 68.1 g/mol. The fraction of sp³-hybridized carbons (Fsp3) is 1.00. The molecule has 1 rings (SSSR count). The highest BCUT2D eigenvalue weighted by Crippen LogP contribution is 1.84. The van der Waals surface area contributed by atoms with Crippen LogP contribution in [0.3, 0.4) is 0 Å². The molecule has 2 heteroatoms. The zero-order valence-corrected chi connectivity index (χ0v) is 3.32. The van der Waals surface area contributed by atoms with Gasteiger partial charge in [0, 0.05) is 11.0 Å². The van der Waals surface area contributed by atoms with E-state index in [9.17, 15) is 0 Å². The lowest BCUT2D eigenvalue weighted by atomic mass is 11.0. The Morgan fingerprint density at radius 3 is 1.50 bits per heavy atom. The van der Waals surface area contributed by atoms with Crippen molar-refractivity contribution in [1.82, 2.24) is 0 Å². The van der Waals surface area contributed by atoms with Crippen LogP contribution in [0.4, 0.5) is 0 Å². The van der Waals surface area contributed by atoms with E-state index in [1.807, 2.05) is 0 Å². The van der Waals surface area contributed by atoms with Gasteiger partial charge in [-0.15, -0.1) is 0 Å². The molecule has 0 atom stereocenters. The molecule has 0 saturated carbocycles.